The van der Waals surface area contributed by atoms with Gasteiger partial charge in [0.25, 0.3) is 0 Å². The largest absolute Gasteiger partial charge is 0.359 e. The number of carbonyl (C=O) groups excluding carboxylic acids is 1. The molecule has 23 heavy (non-hydrogen) atoms. The van der Waals surface area contributed by atoms with Crippen LogP contribution in [0.5, 0.6) is 0 Å². The first-order valence-corrected chi connectivity index (χ1v) is 7.96. The average Bonchev–Trinajstić information content (AvgIpc) is 2.55. The van der Waals surface area contributed by atoms with E-state index in [4.69, 9.17) is 0 Å². The van der Waals surface area contributed by atoms with E-state index in [2.05, 4.69) is 21.2 Å². The summed E-state index contributed by atoms with van der Waals surface area (Å²) in [6.07, 6.45) is 0. The van der Waals surface area contributed by atoms with Crippen LogP contribution in [0, 0.1) is 10.1 Å². The summed E-state index contributed by atoms with van der Waals surface area (Å²) in [5.74, 6) is -1.39. The van der Waals surface area contributed by atoms with Crippen LogP contribution in [0.15, 0.2) is 59.1 Å². The van der Waals surface area contributed by atoms with E-state index in [0.717, 1.165) is 15.6 Å². The predicted octanol–water partition coefficient (Wildman–Crippen LogP) is 3.34. The lowest BCUT2D eigenvalue weighted by Gasteiger charge is -2.24. The molecule has 0 fully saturated rings. The minimum atomic E-state index is -0.618. The number of halogens is 1. The first-order valence-electron chi connectivity index (χ1n) is 7.16. The lowest BCUT2D eigenvalue weighted by molar-refractivity contribution is -0.483. The number of nitrogens with zero attached hydrogens (tertiary/aromatic N) is 1. The third kappa shape index (κ3) is 4.39. The van der Waals surface area contributed by atoms with Crippen molar-refractivity contribution in [3.8, 4) is 0 Å². The number of benzene rings is 2. The molecule has 0 unspecified atom stereocenters. The molecule has 2 aromatic rings. The van der Waals surface area contributed by atoms with Crippen molar-refractivity contribution >= 4 is 21.8 Å². The zero-order valence-corrected chi connectivity index (χ0v) is 14.2. The SMILES string of the molecule is CNC(=O)[C@@H](c1ccccc1)[C@H](C[N+](=O)[O-])c1ccc(Br)cc1. The fourth-order valence-electron chi connectivity index (χ4n) is 2.66. The van der Waals surface area contributed by atoms with Gasteiger partial charge in [-0.1, -0.05) is 58.4 Å². The van der Waals surface area contributed by atoms with Crippen LogP contribution < -0.4 is 5.32 Å². The molecule has 6 heteroatoms. The Balaban J connectivity index is 2.49. The minimum absolute atomic E-state index is 0.231. The van der Waals surface area contributed by atoms with Gasteiger partial charge in [0.05, 0.1) is 11.8 Å². The molecule has 0 aliphatic carbocycles. The van der Waals surface area contributed by atoms with E-state index in [9.17, 15) is 14.9 Å². The van der Waals surface area contributed by atoms with Gasteiger partial charge in [-0.05, 0) is 23.3 Å². The van der Waals surface area contributed by atoms with E-state index in [-0.39, 0.29) is 17.4 Å². The average molecular weight is 377 g/mol. The lowest BCUT2D eigenvalue weighted by Crippen LogP contribution is -2.33. The van der Waals surface area contributed by atoms with Crippen LogP contribution in [0.1, 0.15) is 23.0 Å². The number of nitro groups is 1. The molecule has 0 saturated carbocycles. The molecule has 0 aliphatic rings. The van der Waals surface area contributed by atoms with Crippen molar-refractivity contribution in [3.63, 3.8) is 0 Å². The highest BCUT2D eigenvalue weighted by molar-refractivity contribution is 9.10. The number of hydrogen-bond donors (Lipinski definition) is 1. The van der Waals surface area contributed by atoms with Gasteiger partial charge < -0.3 is 5.32 Å². The Labute approximate surface area is 143 Å². The van der Waals surface area contributed by atoms with E-state index in [1.165, 1.54) is 0 Å². The number of hydrogen-bond acceptors (Lipinski definition) is 3. The molecule has 120 valence electrons. The zero-order chi connectivity index (χ0) is 16.8. The van der Waals surface area contributed by atoms with Crippen molar-refractivity contribution < 1.29 is 9.72 Å². The third-order valence-corrected chi connectivity index (χ3v) is 4.26. The van der Waals surface area contributed by atoms with Crippen LogP contribution in [0.4, 0.5) is 0 Å². The Bertz CT molecular complexity index is 674. The quantitative estimate of drug-likeness (QED) is 0.620. The number of likely N-dealkylation sites (N-methyl/N-ethyl adjacent to an activating group) is 1. The lowest BCUT2D eigenvalue weighted by atomic mass is 9.80. The molecule has 0 heterocycles. The van der Waals surface area contributed by atoms with Crippen LogP contribution in [0.2, 0.25) is 0 Å². The smallest absolute Gasteiger partial charge is 0.228 e. The van der Waals surface area contributed by atoms with Crippen LogP contribution >= 0.6 is 15.9 Å². The molecule has 5 nitrogen and oxygen atoms in total. The summed E-state index contributed by atoms with van der Waals surface area (Å²) in [5.41, 5.74) is 1.53. The molecule has 0 radical (unpaired) electrons. The molecule has 2 aromatic carbocycles. The molecule has 0 bridgehead atoms. The molecule has 0 aromatic heterocycles. The van der Waals surface area contributed by atoms with Gasteiger partial charge >= 0.3 is 0 Å². The number of nitrogens with one attached hydrogen (secondary N) is 1. The van der Waals surface area contributed by atoms with E-state index in [0.29, 0.717) is 0 Å². The van der Waals surface area contributed by atoms with Gasteiger partial charge in [-0.2, -0.15) is 0 Å². The van der Waals surface area contributed by atoms with Gasteiger partial charge in [-0.3, -0.25) is 14.9 Å². The van der Waals surface area contributed by atoms with Gasteiger partial charge in [0.1, 0.15) is 0 Å². The van der Waals surface area contributed by atoms with Crippen molar-refractivity contribution in [1.29, 1.82) is 0 Å². The summed E-state index contributed by atoms with van der Waals surface area (Å²) in [7, 11) is 1.54. The third-order valence-electron chi connectivity index (χ3n) is 3.73. The Kier molecular flexibility index (Phi) is 5.87. The molecule has 2 atom stereocenters. The van der Waals surface area contributed by atoms with Gasteiger partial charge in [0.2, 0.25) is 12.5 Å². The highest BCUT2D eigenvalue weighted by Crippen LogP contribution is 2.34. The van der Waals surface area contributed by atoms with Gasteiger partial charge in [-0.25, -0.2) is 0 Å². The Morgan fingerprint density at radius 3 is 2.26 bits per heavy atom. The van der Waals surface area contributed by atoms with Gasteiger partial charge in [-0.15, -0.1) is 0 Å². The van der Waals surface area contributed by atoms with Crippen molar-refractivity contribution in [3.05, 3.63) is 80.3 Å². The van der Waals surface area contributed by atoms with Crippen molar-refractivity contribution in [2.24, 2.45) is 0 Å². The summed E-state index contributed by atoms with van der Waals surface area (Å²) in [5, 5.41) is 13.8. The molecule has 0 aliphatic heterocycles. The molecule has 1 amide bonds. The van der Waals surface area contributed by atoms with E-state index in [1.54, 1.807) is 7.05 Å². The topological polar surface area (TPSA) is 72.2 Å². The standard InChI is InChI=1S/C17H17BrN2O3/c1-19-17(21)16(13-5-3-2-4-6-13)15(11-20(22)23)12-7-9-14(18)10-8-12/h2-10,15-16H,11H2,1H3,(H,19,21)/t15-,16+/m1/s1. The van der Waals surface area contributed by atoms with Gasteiger partial charge in [0.15, 0.2) is 0 Å². The molecule has 1 N–H and O–H groups in total. The number of amides is 1. The summed E-state index contributed by atoms with van der Waals surface area (Å²) in [4.78, 5) is 23.2. The first-order chi connectivity index (χ1) is 11.0. The van der Waals surface area contributed by atoms with E-state index in [1.807, 2.05) is 54.6 Å². The van der Waals surface area contributed by atoms with Crippen LogP contribution in [0.25, 0.3) is 0 Å². The van der Waals surface area contributed by atoms with Crippen LogP contribution in [-0.4, -0.2) is 24.4 Å². The number of rotatable bonds is 6. The van der Waals surface area contributed by atoms with Crippen molar-refractivity contribution in [1.82, 2.24) is 5.32 Å². The van der Waals surface area contributed by atoms with E-state index >= 15 is 0 Å². The number of carbonyl (C=O) groups is 1. The summed E-state index contributed by atoms with van der Waals surface area (Å²) in [6.45, 7) is -0.311. The maximum absolute atomic E-state index is 12.4. The monoisotopic (exact) mass is 376 g/mol. The highest BCUT2D eigenvalue weighted by Gasteiger charge is 2.34. The molecule has 0 saturated heterocycles. The molecular formula is C17H17BrN2O3. The first kappa shape index (κ1) is 17.1. The second kappa shape index (κ2) is 7.87. The summed E-state index contributed by atoms with van der Waals surface area (Å²) < 4.78 is 0.886. The zero-order valence-electron chi connectivity index (χ0n) is 12.6. The second-order valence-electron chi connectivity index (χ2n) is 5.18. The highest BCUT2D eigenvalue weighted by atomic mass is 79.9. The second-order valence-corrected chi connectivity index (χ2v) is 6.09. The Morgan fingerprint density at radius 1 is 1.13 bits per heavy atom. The molecular weight excluding hydrogens is 360 g/mol. The minimum Gasteiger partial charge on any atom is -0.359 e. The Hall–Kier alpha value is -2.21. The van der Waals surface area contributed by atoms with Gasteiger partial charge in [0, 0.05) is 16.4 Å². The van der Waals surface area contributed by atoms with Crippen LogP contribution in [0.3, 0.4) is 0 Å². The normalized spacial score (nSPS) is 13.1. The van der Waals surface area contributed by atoms with E-state index < -0.39 is 11.8 Å². The fraction of sp³-hybridized carbons (Fsp3) is 0.235. The predicted molar refractivity (Wildman–Crippen MR) is 92.0 cm³/mol. The van der Waals surface area contributed by atoms with Crippen LogP contribution in [-0.2, 0) is 4.79 Å². The maximum Gasteiger partial charge on any atom is 0.228 e. The fourth-order valence-corrected chi connectivity index (χ4v) is 2.92. The molecule has 0 spiro atoms. The maximum atomic E-state index is 12.4. The van der Waals surface area contributed by atoms with Crippen molar-refractivity contribution in [2.75, 3.05) is 13.6 Å². The molecule has 2 rings (SSSR count). The Morgan fingerprint density at radius 2 is 1.74 bits per heavy atom. The summed E-state index contributed by atoms with van der Waals surface area (Å²) >= 11 is 3.36. The van der Waals surface area contributed by atoms with Crippen molar-refractivity contribution in [2.45, 2.75) is 11.8 Å². The summed E-state index contributed by atoms with van der Waals surface area (Å²) in [6, 6.07) is 16.5.